The fraction of sp³-hybridized carbons (Fsp3) is 0.286. The van der Waals surface area contributed by atoms with Crippen LogP contribution in [0.5, 0.6) is 0 Å². The van der Waals surface area contributed by atoms with Crippen molar-refractivity contribution in [2.45, 2.75) is 27.3 Å². The van der Waals surface area contributed by atoms with Gasteiger partial charge in [-0.1, -0.05) is 35.9 Å². The Bertz CT molecular complexity index is 1200. The number of ether oxygens (including phenoxy) is 1. The van der Waals surface area contributed by atoms with Gasteiger partial charge in [0.25, 0.3) is 5.91 Å². The summed E-state index contributed by atoms with van der Waals surface area (Å²) in [6.45, 7) is 9.17. The first-order chi connectivity index (χ1) is 16.9. The molecule has 0 unspecified atom stereocenters. The van der Waals surface area contributed by atoms with Gasteiger partial charge in [0.15, 0.2) is 0 Å². The highest BCUT2D eigenvalue weighted by Crippen LogP contribution is 2.28. The summed E-state index contributed by atoms with van der Waals surface area (Å²) < 4.78 is 5.48. The van der Waals surface area contributed by atoms with E-state index in [0.717, 1.165) is 22.4 Å². The molecule has 3 amide bonds. The molecule has 0 bridgehead atoms. The normalized spacial score (nSPS) is 13.3. The quantitative estimate of drug-likeness (QED) is 0.470. The molecule has 4 rings (SSSR count). The molecule has 1 aliphatic rings. The van der Waals surface area contributed by atoms with E-state index in [4.69, 9.17) is 4.74 Å². The third-order valence-electron chi connectivity index (χ3n) is 6.20. The predicted octanol–water partition coefficient (Wildman–Crippen LogP) is 5.02. The third kappa shape index (κ3) is 6.39. The van der Waals surface area contributed by atoms with E-state index in [2.05, 4.69) is 20.9 Å². The Morgan fingerprint density at radius 2 is 1.60 bits per heavy atom. The van der Waals surface area contributed by atoms with Gasteiger partial charge >= 0.3 is 6.03 Å². The number of nitrogens with one attached hydrogen (secondary N) is 3. The molecule has 3 aromatic carbocycles. The van der Waals surface area contributed by atoms with Crippen molar-refractivity contribution in [3.05, 3.63) is 88.5 Å². The number of rotatable bonds is 6. The smallest absolute Gasteiger partial charge is 0.323 e. The molecule has 0 spiro atoms. The zero-order valence-corrected chi connectivity index (χ0v) is 20.5. The SMILES string of the molecule is Cc1ccc(CNC(=O)c2ccc(N3CCOCC3)c(NC(=O)Nc3ccc(C)c(C)c3)c2)cc1. The van der Waals surface area contributed by atoms with E-state index < -0.39 is 0 Å². The Hall–Kier alpha value is -3.84. The van der Waals surface area contributed by atoms with Gasteiger partial charge in [0.1, 0.15) is 0 Å². The van der Waals surface area contributed by atoms with Crippen molar-refractivity contribution < 1.29 is 14.3 Å². The van der Waals surface area contributed by atoms with Gasteiger partial charge in [-0.3, -0.25) is 4.79 Å². The number of aryl methyl sites for hydroxylation is 3. The van der Waals surface area contributed by atoms with Crippen LogP contribution in [0.3, 0.4) is 0 Å². The van der Waals surface area contributed by atoms with Crippen LogP contribution in [0.2, 0.25) is 0 Å². The van der Waals surface area contributed by atoms with Crippen LogP contribution >= 0.6 is 0 Å². The molecule has 1 fully saturated rings. The number of benzene rings is 3. The lowest BCUT2D eigenvalue weighted by atomic mass is 10.1. The molecule has 3 aromatic rings. The first-order valence-electron chi connectivity index (χ1n) is 11.8. The summed E-state index contributed by atoms with van der Waals surface area (Å²) in [5.74, 6) is -0.197. The van der Waals surface area contributed by atoms with Crippen LogP contribution in [0.25, 0.3) is 0 Å². The number of urea groups is 1. The molecule has 182 valence electrons. The molecule has 1 heterocycles. The molecule has 3 N–H and O–H groups in total. The molecule has 7 heteroatoms. The van der Waals surface area contributed by atoms with E-state index in [1.54, 1.807) is 12.1 Å². The number of anilines is 3. The Morgan fingerprint density at radius 1 is 0.857 bits per heavy atom. The van der Waals surface area contributed by atoms with Crippen molar-refractivity contribution in [1.29, 1.82) is 0 Å². The highest BCUT2D eigenvalue weighted by Gasteiger charge is 2.18. The summed E-state index contributed by atoms with van der Waals surface area (Å²) in [6, 6.07) is 18.9. The van der Waals surface area contributed by atoms with E-state index in [0.29, 0.717) is 49.8 Å². The minimum atomic E-state index is -0.361. The Labute approximate surface area is 206 Å². The number of hydrogen-bond acceptors (Lipinski definition) is 4. The second kappa shape index (κ2) is 11.1. The highest BCUT2D eigenvalue weighted by molar-refractivity contribution is 6.04. The first kappa shape index (κ1) is 24.3. The molecule has 0 atom stereocenters. The average molecular weight is 473 g/mol. The molecule has 0 aromatic heterocycles. The van der Waals surface area contributed by atoms with Crippen molar-refractivity contribution in [2.24, 2.45) is 0 Å². The number of amides is 3. The average Bonchev–Trinajstić information content (AvgIpc) is 2.86. The number of carbonyl (C=O) groups is 2. The standard InChI is InChI=1S/C28H32N4O3/c1-19-4-7-22(8-5-19)18-29-27(33)23-9-11-26(32-12-14-35-15-13-32)25(17-23)31-28(34)30-24-10-6-20(2)21(3)16-24/h4-11,16-17H,12-15,18H2,1-3H3,(H,29,33)(H2,30,31,34). The molecule has 0 saturated carbocycles. The number of nitrogens with zero attached hydrogens (tertiary/aromatic N) is 1. The minimum absolute atomic E-state index is 0.197. The van der Waals surface area contributed by atoms with Crippen molar-refractivity contribution in [1.82, 2.24) is 5.32 Å². The minimum Gasteiger partial charge on any atom is -0.378 e. The highest BCUT2D eigenvalue weighted by atomic mass is 16.5. The molecular weight excluding hydrogens is 440 g/mol. The summed E-state index contributed by atoms with van der Waals surface area (Å²) in [4.78, 5) is 27.9. The van der Waals surface area contributed by atoms with E-state index in [-0.39, 0.29) is 11.9 Å². The molecule has 7 nitrogen and oxygen atoms in total. The van der Waals surface area contributed by atoms with E-state index in [1.807, 2.05) is 69.3 Å². The van der Waals surface area contributed by atoms with Gasteiger partial charge in [0.05, 0.1) is 24.6 Å². The maximum atomic E-state index is 12.9. The lowest BCUT2D eigenvalue weighted by Gasteiger charge is -2.30. The summed E-state index contributed by atoms with van der Waals surface area (Å²) >= 11 is 0. The van der Waals surface area contributed by atoms with E-state index >= 15 is 0 Å². The largest absolute Gasteiger partial charge is 0.378 e. The molecule has 1 saturated heterocycles. The van der Waals surface area contributed by atoms with Gasteiger partial charge in [0, 0.05) is 30.9 Å². The van der Waals surface area contributed by atoms with Crippen molar-refractivity contribution >= 4 is 29.0 Å². The van der Waals surface area contributed by atoms with Gasteiger partial charge in [-0.2, -0.15) is 0 Å². The number of hydrogen-bond donors (Lipinski definition) is 3. The zero-order valence-electron chi connectivity index (χ0n) is 20.5. The van der Waals surface area contributed by atoms with Crippen LogP contribution < -0.4 is 20.9 Å². The predicted molar refractivity (Wildman–Crippen MR) is 140 cm³/mol. The zero-order chi connectivity index (χ0) is 24.8. The molecule has 1 aliphatic heterocycles. The van der Waals surface area contributed by atoms with Crippen molar-refractivity contribution in [2.75, 3.05) is 41.8 Å². The summed E-state index contributed by atoms with van der Waals surface area (Å²) in [5.41, 5.74) is 7.10. The second-order valence-electron chi connectivity index (χ2n) is 8.88. The first-order valence-corrected chi connectivity index (χ1v) is 11.8. The Balaban J connectivity index is 1.51. The summed E-state index contributed by atoms with van der Waals surface area (Å²) in [6.07, 6.45) is 0. The lowest BCUT2D eigenvalue weighted by molar-refractivity contribution is 0.0951. The monoisotopic (exact) mass is 472 g/mol. The van der Waals surface area contributed by atoms with Crippen molar-refractivity contribution in [3.8, 4) is 0 Å². The molecule has 0 radical (unpaired) electrons. The van der Waals surface area contributed by atoms with E-state index in [9.17, 15) is 9.59 Å². The fourth-order valence-electron chi connectivity index (χ4n) is 3.95. The van der Waals surface area contributed by atoms with Gasteiger partial charge in [0.2, 0.25) is 0 Å². The van der Waals surface area contributed by atoms with Crippen LogP contribution in [0, 0.1) is 20.8 Å². The Kier molecular flexibility index (Phi) is 7.67. The number of carbonyl (C=O) groups excluding carboxylic acids is 2. The Morgan fingerprint density at radius 3 is 2.31 bits per heavy atom. The summed E-state index contributed by atoms with van der Waals surface area (Å²) in [5, 5.41) is 8.81. The van der Waals surface area contributed by atoms with E-state index in [1.165, 1.54) is 5.56 Å². The topological polar surface area (TPSA) is 82.7 Å². The van der Waals surface area contributed by atoms with Gasteiger partial charge < -0.3 is 25.6 Å². The van der Waals surface area contributed by atoms with Crippen LogP contribution in [-0.4, -0.2) is 38.2 Å². The van der Waals surface area contributed by atoms with Crippen LogP contribution in [-0.2, 0) is 11.3 Å². The third-order valence-corrected chi connectivity index (χ3v) is 6.20. The maximum absolute atomic E-state index is 12.9. The van der Waals surface area contributed by atoms with Crippen LogP contribution in [0.1, 0.15) is 32.6 Å². The fourth-order valence-corrected chi connectivity index (χ4v) is 3.95. The van der Waals surface area contributed by atoms with Crippen LogP contribution in [0.4, 0.5) is 21.9 Å². The lowest BCUT2D eigenvalue weighted by Crippen LogP contribution is -2.37. The summed E-state index contributed by atoms with van der Waals surface area (Å²) in [7, 11) is 0. The second-order valence-corrected chi connectivity index (χ2v) is 8.88. The maximum Gasteiger partial charge on any atom is 0.323 e. The number of morpholine rings is 1. The van der Waals surface area contributed by atoms with Crippen LogP contribution in [0.15, 0.2) is 60.7 Å². The molecular formula is C28H32N4O3. The molecule has 0 aliphatic carbocycles. The van der Waals surface area contributed by atoms with Gasteiger partial charge in [-0.05, 0) is 67.8 Å². The molecule has 35 heavy (non-hydrogen) atoms. The van der Waals surface area contributed by atoms with Crippen molar-refractivity contribution in [3.63, 3.8) is 0 Å². The van der Waals surface area contributed by atoms with Gasteiger partial charge in [-0.25, -0.2) is 4.79 Å². The van der Waals surface area contributed by atoms with Gasteiger partial charge in [-0.15, -0.1) is 0 Å².